The number of nitrogens with zero attached hydrogens (tertiary/aromatic N) is 1. The smallest absolute Gasteiger partial charge is 0.319 e. The van der Waals surface area contributed by atoms with Gasteiger partial charge in [0, 0.05) is 17.8 Å². The number of rotatable bonds is 5. The van der Waals surface area contributed by atoms with Crippen LogP contribution >= 0.6 is 0 Å². The van der Waals surface area contributed by atoms with E-state index in [-0.39, 0.29) is 12.3 Å². The van der Waals surface area contributed by atoms with Crippen LogP contribution in [0.4, 0.5) is 16.2 Å². The summed E-state index contributed by atoms with van der Waals surface area (Å²) in [6, 6.07) is 12.2. The molecule has 0 unspecified atom stereocenters. The van der Waals surface area contributed by atoms with E-state index in [1.807, 2.05) is 18.2 Å². The summed E-state index contributed by atoms with van der Waals surface area (Å²) in [4.78, 5) is 22.3. The summed E-state index contributed by atoms with van der Waals surface area (Å²) in [6.45, 7) is 1.43. The Hall–Kier alpha value is -2.93. The molecule has 2 amide bonds. The number of urea groups is 1. The maximum Gasteiger partial charge on any atom is 0.319 e. The summed E-state index contributed by atoms with van der Waals surface area (Å²) >= 11 is 0. The summed E-state index contributed by atoms with van der Waals surface area (Å²) < 4.78 is 0. The topological polar surface area (TPSA) is 105 Å². The van der Waals surface area contributed by atoms with Crippen LogP contribution in [0, 0.1) is 17.0 Å². The number of amides is 2. The van der Waals surface area contributed by atoms with Gasteiger partial charge < -0.3 is 15.7 Å². The summed E-state index contributed by atoms with van der Waals surface area (Å²) in [5.74, 6) is 0. The van der Waals surface area contributed by atoms with Gasteiger partial charge in [-0.2, -0.15) is 0 Å². The third-order valence-electron chi connectivity index (χ3n) is 3.36. The van der Waals surface area contributed by atoms with E-state index in [1.54, 1.807) is 19.1 Å². The van der Waals surface area contributed by atoms with E-state index in [9.17, 15) is 20.0 Å². The molecule has 0 aliphatic heterocycles. The number of anilines is 1. The first-order chi connectivity index (χ1) is 11.0. The number of carbonyl (C=O) groups excluding carboxylic acids is 1. The van der Waals surface area contributed by atoms with E-state index in [4.69, 9.17) is 0 Å². The van der Waals surface area contributed by atoms with Crippen LogP contribution in [0.25, 0.3) is 0 Å². The largest absolute Gasteiger partial charge is 0.394 e. The minimum atomic E-state index is -0.533. The van der Waals surface area contributed by atoms with Gasteiger partial charge in [-0.05, 0) is 24.1 Å². The maximum atomic E-state index is 12.1. The quantitative estimate of drug-likeness (QED) is 0.583. The lowest BCUT2D eigenvalue weighted by Gasteiger charge is -2.17. The number of aliphatic hydroxyl groups excluding tert-OH is 1. The summed E-state index contributed by atoms with van der Waals surface area (Å²) in [6.07, 6.45) is 0. The van der Waals surface area contributed by atoms with Crippen molar-refractivity contribution in [1.29, 1.82) is 0 Å². The highest BCUT2D eigenvalue weighted by Gasteiger charge is 2.15. The molecular weight excluding hydrogens is 298 g/mol. The third kappa shape index (κ3) is 4.27. The monoisotopic (exact) mass is 315 g/mol. The molecule has 0 fully saturated rings. The van der Waals surface area contributed by atoms with Crippen LogP contribution in [0.1, 0.15) is 17.2 Å². The van der Waals surface area contributed by atoms with Crippen molar-refractivity contribution in [1.82, 2.24) is 5.32 Å². The number of benzene rings is 2. The Bertz CT molecular complexity index is 704. The van der Waals surface area contributed by atoms with Crippen molar-refractivity contribution in [2.24, 2.45) is 0 Å². The lowest BCUT2D eigenvalue weighted by molar-refractivity contribution is -0.384. The van der Waals surface area contributed by atoms with E-state index in [1.165, 1.54) is 18.2 Å². The Kier molecular flexibility index (Phi) is 5.27. The molecule has 0 radical (unpaired) electrons. The first kappa shape index (κ1) is 16.4. The van der Waals surface area contributed by atoms with Crippen molar-refractivity contribution in [3.63, 3.8) is 0 Å². The number of carbonyl (C=O) groups is 1. The first-order valence-corrected chi connectivity index (χ1v) is 6.99. The Morgan fingerprint density at radius 1 is 1.26 bits per heavy atom. The third-order valence-corrected chi connectivity index (χ3v) is 3.36. The highest BCUT2D eigenvalue weighted by atomic mass is 16.6. The van der Waals surface area contributed by atoms with Gasteiger partial charge in [-0.25, -0.2) is 4.79 Å². The van der Waals surface area contributed by atoms with Crippen LogP contribution in [-0.4, -0.2) is 22.7 Å². The number of non-ortho nitro benzene ring substituents is 1. The molecule has 0 aliphatic rings. The number of aryl methyl sites for hydroxylation is 1. The van der Waals surface area contributed by atoms with Gasteiger partial charge in [0.2, 0.25) is 0 Å². The molecule has 0 saturated carbocycles. The predicted octanol–water partition coefficient (Wildman–Crippen LogP) is 2.76. The minimum Gasteiger partial charge on any atom is -0.394 e. The zero-order valence-corrected chi connectivity index (χ0v) is 12.5. The maximum absolute atomic E-state index is 12.1. The van der Waals surface area contributed by atoms with Gasteiger partial charge >= 0.3 is 6.03 Å². The van der Waals surface area contributed by atoms with Crippen molar-refractivity contribution in [3.8, 4) is 0 Å². The molecule has 0 aliphatic carbocycles. The number of aliphatic hydroxyl groups is 1. The lowest BCUT2D eigenvalue weighted by Crippen LogP contribution is -2.34. The van der Waals surface area contributed by atoms with E-state index in [2.05, 4.69) is 10.6 Å². The van der Waals surface area contributed by atoms with Gasteiger partial charge in [0.1, 0.15) is 0 Å². The fraction of sp³-hybridized carbons (Fsp3) is 0.188. The van der Waals surface area contributed by atoms with Crippen LogP contribution in [0.5, 0.6) is 0 Å². The zero-order valence-electron chi connectivity index (χ0n) is 12.5. The zero-order chi connectivity index (χ0) is 16.8. The molecule has 3 N–H and O–H groups in total. The molecule has 2 rings (SSSR count). The SMILES string of the molecule is Cc1cc([N+](=O)[O-])ccc1NC(=O)N[C@@H](CO)c1ccccc1. The highest BCUT2D eigenvalue weighted by Crippen LogP contribution is 2.21. The van der Waals surface area contributed by atoms with Gasteiger partial charge in [-0.1, -0.05) is 30.3 Å². The molecule has 120 valence electrons. The number of nitro groups is 1. The van der Waals surface area contributed by atoms with Crippen LogP contribution in [0.3, 0.4) is 0 Å². The van der Waals surface area contributed by atoms with Gasteiger partial charge in [0.25, 0.3) is 5.69 Å². The van der Waals surface area contributed by atoms with E-state index < -0.39 is 17.0 Å². The fourth-order valence-corrected chi connectivity index (χ4v) is 2.14. The summed E-state index contributed by atoms with van der Waals surface area (Å²) in [5.41, 5.74) is 1.80. The van der Waals surface area contributed by atoms with Crippen molar-refractivity contribution in [3.05, 3.63) is 69.8 Å². The molecule has 2 aromatic rings. The fourth-order valence-electron chi connectivity index (χ4n) is 2.14. The van der Waals surface area contributed by atoms with Gasteiger partial charge in [-0.3, -0.25) is 10.1 Å². The van der Waals surface area contributed by atoms with Crippen LogP contribution in [0.2, 0.25) is 0 Å². The molecule has 1 atom stereocenters. The number of hydrogen-bond acceptors (Lipinski definition) is 4. The second kappa shape index (κ2) is 7.37. The first-order valence-electron chi connectivity index (χ1n) is 6.99. The molecule has 7 heteroatoms. The number of nitro benzene ring substituents is 1. The van der Waals surface area contributed by atoms with Gasteiger partial charge in [-0.15, -0.1) is 0 Å². The van der Waals surface area contributed by atoms with Crippen molar-refractivity contribution >= 4 is 17.4 Å². The molecule has 7 nitrogen and oxygen atoms in total. The van der Waals surface area contributed by atoms with Crippen LogP contribution < -0.4 is 10.6 Å². The molecular formula is C16H17N3O4. The molecule has 0 spiro atoms. The average molecular weight is 315 g/mol. The summed E-state index contributed by atoms with van der Waals surface area (Å²) in [7, 11) is 0. The number of hydrogen-bond donors (Lipinski definition) is 3. The average Bonchev–Trinajstić information content (AvgIpc) is 2.55. The lowest BCUT2D eigenvalue weighted by atomic mass is 10.1. The van der Waals surface area contributed by atoms with E-state index >= 15 is 0 Å². The Morgan fingerprint density at radius 2 is 1.96 bits per heavy atom. The van der Waals surface area contributed by atoms with Crippen LogP contribution in [-0.2, 0) is 0 Å². The normalized spacial score (nSPS) is 11.6. The Morgan fingerprint density at radius 3 is 2.52 bits per heavy atom. The Labute approximate surface area is 133 Å². The van der Waals surface area contributed by atoms with Gasteiger partial charge in [0.05, 0.1) is 17.6 Å². The van der Waals surface area contributed by atoms with E-state index in [0.29, 0.717) is 11.3 Å². The molecule has 2 aromatic carbocycles. The van der Waals surface area contributed by atoms with Crippen molar-refractivity contribution in [2.45, 2.75) is 13.0 Å². The Balaban J connectivity index is 2.06. The summed E-state index contributed by atoms with van der Waals surface area (Å²) in [5, 5.41) is 25.4. The van der Waals surface area contributed by atoms with Gasteiger partial charge in [0.15, 0.2) is 0 Å². The molecule has 0 heterocycles. The standard InChI is InChI=1S/C16H17N3O4/c1-11-9-13(19(22)23)7-8-14(11)17-16(21)18-15(10-20)12-5-3-2-4-6-12/h2-9,15,20H,10H2,1H3,(H2,17,18,21)/t15-/m0/s1. The molecule has 23 heavy (non-hydrogen) atoms. The predicted molar refractivity (Wildman–Crippen MR) is 86.3 cm³/mol. The minimum absolute atomic E-state index is 0.0361. The second-order valence-corrected chi connectivity index (χ2v) is 5.00. The highest BCUT2D eigenvalue weighted by molar-refractivity contribution is 5.90. The van der Waals surface area contributed by atoms with E-state index in [0.717, 1.165) is 5.56 Å². The number of nitrogens with one attached hydrogen (secondary N) is 2. The van der Waals surface area contributed by atoms with Crippen molar-refractivity contribution in [2.75, 3.05) is 11.9 Å². The van der Waals surface area contributed by atoms with Crippen LogP contribution in [0.15, 0.2) is 48.5 Å². The van der Waals surface area contributed by atoms with Crippen molar-refractivity contribution < 1.29 is 14.8 Å². The molecule has 0 bridgehead atoms. The second-order valence-electron chi connectivity index (χ2n) is 5.00. The molecule has 0 aromatic heterocycles. The molecule has 0 saturated heterocycles.